The molecule has 1 amide bonds. The smallest absolute Gasteiger partial charge is 0.223 e. The first-order valence-corrected chi connectivity index (χ1v) is 8.83. The van der Waals surface area contributed by atoms with E-state index in [-0.39, 0.29) is 0 Å². The topological polar surface area (TPSA) is 46.3 Å². The third-order valence-electron chi connectivity index (χ3n) is 4.42. The van der Waals surface area contributed by atoms with E-state index in [0.29, 0.717) is 36.2 Å². The Morgan fingerprint density at radius 3 is 2.38 bits per heavy atom. The highest BCUT2D eigenvalue weighted by Gasteiger charge is 2.26. The van der Waals surface area contributed by atoms with Gasteiger partial charge in [0.15, 0.2) is 0 Å². The fourth-order valence-electron chi connectivity index (χ4n) is 3.70. The Labute approximate surface area is 131 Å². The van der Waals surface area contributed by atoms with Gasteiger partial charge in [-0.15, -0.1) is 0 Å². The summed E-state index contributed by atoms with van der Waals surface area (Å²) in [4.78, 5) is 14.9. The number of carbonyl (C=O) groups is 1. The van der Waals surface area contributed by atoms with Crippen LogP contribution in [0.15, 0.2) is 0 Å². The zero-order valence-electron chi connectivity index (χ0n) is 14.7. The molecule has 2 N–H and O–H groups in total. The molecule has 1 fully saturated rings. The molecule has 0 spiro atoms. The van der Waals surface area contributed by atoms with Gasteiger partial charge in [0, 0.05) is 19.0 Å². The summed E-state index contributed by atoms with van der Waals surface area (Å²) in [5.74, 6) is 0.813. The van der Waals surface area contributed by atoms with E-state index in [1.807, 2.05) is 0 Å². The fourth-order valence-corrected chi connectivity index (χ4v) is 3.70. The van der Waals surface area contributed by atoms with E-state index < -0.39 is 0 Å². The molecular formula is C18H36N2O. The second kappa shape index (κ2) is 8.77. The van der Waals surface area contributed by atoms with Crippen molar-refractivity contribution in [2.24, 2.45) is 17.1 Å². The number of nitrogens with two attached hydrogens (primary N) is 1. The van der Waals surface area contributed by atoms with Gasteiger partial charge in [-0.05, 0) is 43.6 Å². The molecule has 0 aromatic carbocycles. The minimum Gasteiger partial charge on any atom is -0.340 e. The van der Waals surface area contributed by atoms with Crippen molar-refractivity contribution in [3.05, 3.63) is 0 Å². The van der Waals surface area contributed by atoms with E-state index in [4.69, 9.17) is 5.73 Å². The van der Waals surface area contributed by atoms with Crippen LogP contribution in [0.2, 0.25) is 0 Å². The number of hydrogen-bond donors (Lipinski definition) is 1. The summed E-state index contributed by atoms with van der Waals surface area (Å²) < 4.78 is 0. The maximum Gasteiger partial charge on any atom is 0.223 e. The van der Waals surface area contributed by atoms with E-state index in [9.17, 15) is 4.79 Å². The molecule has 1 atom stereocenters. The van der Waals surface area contributed by atoms with Crippen LogP contribution in [0.25, 0.3) is 0 Å². The third-order valence-corrected chi connectivity index (χ3v) is 4.42. The summed E-state index contributed by atoms with van der Waals surface area (Å²) >= 11 is 0. The van der Waals surface area contributed by atoms with Gasteiger partial charge >= 0.3 is 0 Å². The predicted octanol–water partition coefficient (Wildman–Crippen LogP) is 3.96. The minimum absolute atomic E-state index is 0.298. The number of carbonyl (C=O) groups excluding carboxylic acids is 1. The number of amides is 1. The van der Waals surface area contributed by atoms with Gasteiger partial charge in [0.05, 0.1) is 0 Å². The Kier molecular flexibility index (Phi) is 7.72. The van der Waals surface area contributed by atoms with Crippen LogP contribution in [0.1, 0.15) is 79.1 Å². The van der Waals surface area contributed by atoms with Crippen LogP contribution in [0.4, 0.5) is 0 Å². The average Bonchev–Trinajstić information content (AvgIpc) is 2.38. The van der Waals surface area contributed by atoms with Crippen molar-refractivity contribution >= 4 is 5.91 Å². The van der Waals surface area contributed by atoms with Crippen LogP contribution in [0, 0.1) is 11.3 Å². The van der Waals surface area contributed by atoms with Crippen LogP contribution in [-0.4, -0.2) is 29.9 Å². The molecule has 1 rings (SSSR count). The van der Waals surface area contributed by atoms with Gasteiger partial charge < -0.3 is 10.6 Å². The van der Waals surface area contributed by atoms with Crippen LogP contribution in [-0.2, 0) is 4.79 Å². The Balaban J connectivity index is 2.57. The molecule has 1 aliphatic rings. The second-order valence-electron chi connectivity index (χ2n) is 8.10. The maximum atomic E-state index is 12.7. The lowest BCUT2D eigenvalue weighted by Crippen LogP contribution is -2.43. The van der Waals surface area contributed by atoms with Crippen LogP contribution in [0.3, 0.4) is 0 Å². The van der Waals surface area contributed by atoms with Gasteiger partial charge in [0.2, 0.25) is 5.91 Å². The van der Waals surface area contributed by atoms with Crippen molar-refractivity contribution in [1.29, 1.82) is 0 Å². The molecule has 0 aliphatic heterocycles. The van der Waals surface area contributed by atoms with E-state index in [0.717, 1.165) is 19.4 Å². The first kappa shape index (κ1) is 18.5. The highest BCUT2D eigenvalue weighted by atomic mass is 16.2. The molecule has 1 unspecified atom stereocenters. The minimum atomic E-state index is 0.298. The van der Waals surface area contributed by atoms with Crippen molar-refractivity contribution in [2.45, 2.75) is 85.1 Å². The van der Waals surface area contributed by atoms with Gasteiger partial charge in [-0.2, -0.15) is 0 Å². The van der Waals surface area contributed by atoms with Gasteiger partial charge in [-0.25, -0.2) is 0 Å². The Morgan fingerprint density at radius 2 is 1.86 bits per heavy atom. The summed E-state index contributed by atoms with van der Waals surface area (Å²) in [5.41, 5.74) is 5.95. The molecule has 124 valence electrons. The van der Waals surface area contributed by atoms with Gasteiger partial charge in [0.25, 0.3) is 0 Å². The molecule has 0 aromatic heterocycles. The molecule has 3 nitrogen and oxygen atoms in total. The van der Waals surface area contributed by atoms with E-state index in [1.54, 1.807) is 0 Å². The fraction of sp³-hybridized carbons (Fsp3) is 0.944. The van der Waals surface area contributed by atoms with Crippen molar-refractivity contribution < 1.29 is 4.79 Å². The number of hydrogen-bond acceptors (Lipinski definition) is 2. The lowest BCUT2D eigenvalue weighted by molar-refractivity contribution is -0.135. The van der Waals surface area contributed by atoms with Crippen LogP contribution < -0.4 is 5.73 Å². The van der Waals surface area contributed by atoms with E-state index in [1.165, 1.54) is 32.1 Å². The molecule has 3 heteroatoms. The van der Waals surface area contributed by atoms with Gasteiger partial charge in [-0.3, -0.25) is 4.79 Å². The molecule has 0 bridgehead atoms. The summed E-state index contributed by atoms with van der Waals surface area (Å²) in [6.45, 7) is 10.5. The summed E-state index contributed by atoms with van der Waals surface area (Å²) in [7, 11) is 0. The van der Waals surface area contributed by atoms with Crippen molar-refractivity contribution in [1.82, 2.24) is 4.90 Å². The normalized spacial score (nSPS) is 18.5. The molecule has 1 saturated carbocycles. The highest BCUT2D eigenvalue weighted by Crippen LogP contribution is 2.28. The Bertz CT molecular complexity index is 303. The lowest BCUT2D eigenvalue weighted by Gasteiger charge is -2.35. The average molecular weight is 296 g/mol. The quantitative estimate of drug-likeness (QED) is 0.773. The second-order valence-corrected chi connectivity index (χ2v) is 8.10. The zero-order valence-corrected chi connectivity index (χ0v) is 14.7. The third kappa shape index (κ3) is 7.30. The lowest BCUT2D eigenvalue weighted by atomic mass is 9.84. The number of rotatable bonds is 7. The largest absolute Gasteiger partial charge is 0.340 e. The van der Waals surface area contributed by atoms with Gasteiger partial charge in [0.1, 0.15) is 0 Å². The van der Waals surface area contributed by atoms with Crippen molar-refractivity contribution in [3.63, 3.8) is 0 Å². The SMILES string of the molecule is CC(CC(=O)N(CCCN)C1CCCCC1)CC(C)(C)C. The summed E-state index contributed by atoms with van der Waals surface area (Å²) in [5, 5.41) is 0. The molecule has 21 heavy (non-hydrogen) atoms. The summed E-state index contributed by atoms with van der Waals surface area (Å²) in [6, 6.07) is 0.472. The van der Waals surface area contributed by atoms with Crippen LogP contribution in [0.5, 0.6) is 0 Å². The molecule has 0 heterocycles. The standard InChI is InChI=1S/C18H36N2O/c1-15(14-18(2,3)4)13-17(21)20(12-8-11-19)16-9-6-5-7-10-16/h15-16H,5-14,19H2,1-4H3. The first-order valence-electron chi connectivity index (χ1n) is 8.83. The first-order chi connectivity index (χ1) is 9.83. The van der Waals surface area contributed by atoms with E-state index >= 15 is 0 Å². The maximum absolute atomic E-state index is 12.7. The number of nitrogens with zero attached hydrogens (tertiary/aromatic N) is 1. The van der Waals surface area contributed by atoms with Crippen LogP contribution >= 0.6 is 0 Å². The molecular weight excluding hydrogens is 260 g/mol. The highest BCUT2D eigenvalue weighted by molar-refractivity contribution is 5.76. The monoisotopic (exact) mass is 296 g/mol. The molecule has 0 aromatic rings. The van der Waals surface area contributed by atoms with E-state index in [2.05, 4.69) is 32.6 Å². The molecule has 0 radical (unpaired) electrons. The van der Waals surface area contributed by atoms with Crippen molar-refractivity contribution in [3.8, 4) is 0 Å². The molecule has 1 aliphatic carbocycles. The Hall–Kier alpha value is -0.570. The summed E-state index contributed by atoms with van der Waals surface area (Å²) in [6.07, 6.45) is 8.97. The zero-order chi connectivity index (χ0) is 15.9. The van der Waals surface area contributed by atoms with Crippen molar-refractivity contribution in [2.75, 3.05) is 13.1 Å². The van der Waals surface area contributed by atoms with Gasteiger partial charge in [-0.1, -0.05) is 47.0 Å². The predicted molar refractivity (Wildman–Crippen MR) is 90.1 cm³/mol. The Morgan fingerprint density at radius 1 is 1.24 bits per heavy atom. The molecule has 0 saturated heterocycles.